The molecule has 0 unspecified atom stereocenters. The van der Waals surface area contributed by atoms with Crippen molar-refractivity contribution >= 4 is 34.3 Å². The van der Waals surface area contributed by atoms with Gasteiger partial charge < -0.3 is 21.3 Å². The maximum atomic E-state index is 12.3. The van der Waals surface area contributed by atoms with E-state index in [1.807, 2.05) is 62.4 Å². The number of urea groups is 1. The van der Waals surface area contributed by atoms with E-state index < -0.39 is 0 Å². The van der Waals surface area contributed by atoms with Crippen LogP contribution in [0.2, 0.25) is 0 Å². The summed E-state index contributed by atoms with van der Waals surface area (Å²) in [5, 5.41) is 13.2. The third-order valence-electron chi connectivity index (χ3n) is 4.77. The van der Waals surface area contributed by atoms with Gasteiger partial charge in [-0.3, -0.25) is 9.59 Å². The summed E-state index contributed by atoms with van der Waals surface area (Å²) in [4.78, 5) is 36.1. The molecule has 3 aromatic carbocycles. The molecule has 3 aromatic rings. The van der Waals surface area contributed by atoms with Gasteiger partial charge in [-0.1, -0.05) is 42.5 Å². The molecule has 3 rings (SSSR count). The number of benzene rings is 3. The fourth-order valence-electron chi connectivity index (χ4n) is 3.15. The van der Waals surface area contributed by atoms with E-state index in [-0.39, 0.29) is 36.9 Å². The van der Waals surface area contributed by atoms with Crippen molar-refractivity contribution in [3.05, 3.63) is 77.9 Å². The zero-order valence-electron chi connectivity index (χ0n) is 18.3. The predicted octanol–water partition coefficient (Wildman–Crippen LogP) is 3.81. The fraction of sp³-hybridized carbons (Fsp3) is 0.240. The highest BCUT2D eigenvalue weighted by Crippen LogP contribution is 2.15. The number of nitrogens with one attached hydrogen (secondary N) is 4. The lowest BCUT2D eigenvalue weighted by molar-refractivity contribution is -0.121. The number of amides is 4. The zero-order chi connectivity index (χ0) is 22.9. The molecule has 0 aliphatic heterocycles. The standard InChI is InChI=1S/C25H28N4O3/c1-17(2)28-25(32)29-22-11-7-18(8-12-22)16-27-23(30)13-14-26-24(31)21-10-9-19-5-3-4-6-20(19)15-21/h3-12,15,17H,13-14,16H2,1-2H3,(H,26,31)(H,27,30)(H2,28,29,32). The van der Waals surface area contributed by atoms with E-state index in [0.29, 0.717) is 17.8 Å². The first-order valence-electron chi connectivity index (χ1n) is 10.6. The van der Waals surface area contributed by atoms with Crippen molar-refractivity contribution in [3.63, 3.8) is 0 Å². The number of carbonyl (C=O) groups excluding carboxylic acids is 3. The van der Waals surface area contributed by atoms with Crippen LogP contribution in [0.5, 0.6) is 0 Å². The third kappa shape index (κ3) is 6.84. The minimum absolute atomic E-state index is 0.0573. The normalized spacial score (nSPS) is 10.6. The van der Waals surface area contributed by atoms with Crippen molar-refractivity contribution in [2.45, 2.75) is 32.9 Å². The second kappa shape index (κ2) is 10.9. The van der Waals surface area contributed by atoms with Gasteiger partial charge in [0, 0.05) is 36.8 Å². The van der Waals surface area contributed by atoms with Crippen LogP contribution in [0.15, 0.2) is 66.7 Å². The first-order valence-corrected chi connectivity index (χ1v) is 10.6. The van der Waals surface area contributed by atoms with E-state index in [1.165, 1.54) is 0 Å². The Morgan fingerprint density at radius 3 is 2.28 bits per heavy atom. The Bertz CT molecular complexity index is 1090. The summed E-state index contributed by atoms with van der Waals surface area (Å²) in [7, 11) is 0. The van der Waals surface area contributed by atoms with Crippen molar-refractivity contribution in [1.29, 1.82) is 0 Å². The average Bonchev–Trinajstić information content (AvgIpc) is 2.77. The van der Waals surface area contributed by atoms with E-state index in [9.17, 15) is 14.4 Å². The highest BCUT2D eigenvalue weighted by atomic mass is 16.2. The number of rotatable bonds is 8. The van der Waals surface area contributed by atoms with Gasteiger partial charge >= 0.3 is 6.03 Å². The van der Waals surface area contributed by atoms with Crippen molar-refractivity contribution in [2.24, 2.45) is 0 Å². The van der Waals surface area contributed by atoms with Crippen LogP contribution in [0.1, 0.15) is 36.2 Å². The molecule has 0 spiro atoms. The highest BCUT2D eigenvalue weighted by molar-refractivity contribution is 5.98. The lowest BCUT2D eigenvalue weighted by Gasteiger charge is -2.11. The van der Waals surface area contributed by atoms with E-state index >= 15 is 0 Å². The van der Waals surface area contributed by atoms with E-state index in [0.717, 1.165) is 16.3 Å². The van der Waals surface area contributed by atoms with Gasteiger partial charge in [0.05, 0.1) is 0 Å². The summed E-state index contributed by atoms with van der Waals surface area (Å²) in [5.41, 5.74) is 2.16. The monoisotopic (exact) mass is 432 g/mol. The van der Waals surface area contributed by atoms with Crippen LogP contribution >= 0.6 is 0 Å². The van der Waals surface area contributed by atoms with E-state index in [2.05, 4.69) is 21.3 Å². The molecule has 166 valence electrons. The molecule has 0 heterocycles. The Balaban J connectivity index is 1.39. The van der Waals surface area contributed by atoms with Crippen LogP contribution in [0.3, 0.4) is 0 Å². The van der Waals surface area contributed by atoms with Gasteiger partial charge in [-0.05, 0) is 54.4 Å². The highest BCUT2D eigenvalue weighted by Gasteiger charge is 2.08. The maximum Gasteiger partial charge on any atom is 0.319 e. The molecule has 0 fully saturated rings. The minimum Gasteiger partial charge on any atom is -0.352 e. The van der Waals surface area contributed by atoms with Crippen LogP contribution in [0.25, 0.3) is 10.8 Å². The van der Waals surface area contributed by atoms with Crippen molar-refractivity contribution in [1.82, 2.24) is 16.0 Å². The molecule has 0 bridgehead atoms. The molecule has 32 heavy (non-hydrogen) atoms. The molecule has 0 radical (unpaired) electrons. The molecule has 0 atom stereocenters. The summed E-state index contributed by atoms with van der Waals surface area (Å²) in [6.45, 7) is 4.40. The van der Waals surface area contributed by atoms with Crippen molar-refractivity contribution in [3.8, 4) is 0 Å². The number of anilines is 1. The van der Waals surface area contributed by atoms with Gasteiger partial charge in [-0.25, -0.2) is 4.79 Å². The molecule has 4 N–H and O–H groups in total. The van der Waals surface area contributed by atoms with Crippen LogP contribution in [0, 0.1) is 0 Å². The molecule has 0 saturated carbocycles. The molecule has 4 amide bonds. The quantitative estimate of drug-likeness (QED) is 0.436. The first-order chi connectivity index (χ1) is 15.4. The van der Waals surface area contributed by atoms with Gasteiger partial charge in [0.2, 0.25) is 5.91 Å². The zero-order valence-corrected chi connectivity index (χ0v) is 18.3. The van der Waals surface area contributed by atoms with Crippen molar-refractivity contribution in [2.75, 3.05) is 11.9 Å². The average molecular weight is 433 g/mol. The lowest BCUT2D eigenvalue weighted by atomic mass is 10.1. The Morgan fingerprint density at radius 1 is 0.844 bits per heavy atom. The lowest BCUT2D eigenvalue weighted by Crippen LogP contribution is -2.34. The molecular formula is C25H28N4O3. The summed E-state index contributed by atoms with van der Waals surface area (Å²) >= 11 is 0. The summed E-state index contributed by atoms with van der Waals surface area (Å²) in [5.74, 6) is -0.351. The second-order valence-electron chi connectivity index (χ2n) is 7.79. The van der Waals surface area contributed by atoms with Crippen LogP contribution < -0.4 is 21.3 Å². The smallest absolute Gasteiger partial charge is 0.319 e. The molecule has 0 aliphatic rings. The largest absolute Gasteiger partial charge is 0.352 e. The van der Waals surface area contributed by atoms with Gasteiger partial charge in [-0.15, -0.1) is 0 Å². The topological polar surface area (TPSA) is 99.3 Å². The maximum absolute atomic E-state index is 12.3. The van der Waals surface area contributed by atoms with Crippen molar-refractivity contribution < 1.29 is 14.4 Å². The van der Waals surface area contributed by atoms with E-state index in [4.69, 9.17) is 0 Å². The molecular weight excluding hydrogens is 404 g/mol. The first kappa shape index (κ1) is 22.8. The summed E-state index contributed by atoms with van der Waals surface area (Å²) < 4.78 is 0. The number of carbonyl (C=O) groups is 3. The fourth-order valence-corrected chi connectivity index (χ4v) is 3.15. The second-order valence-corrected chi connectivity index (χ2v) is 7.79. The summed E-state index contributed by atoms with van der Waals surface area (Å²) in [6, 6.07) is 20.4. The number of hydrogen-bond donors (Lipinski definition) is 4. The molecule has 7 nitrogen and oxygen atoms in total. The Morgan fingerprint density at radius 2 is 1.56 bits per heavy atom. The van der Waals surface area contributed by atoms with Crippen LogP contribution in [-0.4, -0.2) is 30.4 Å². The number of hydrogen-bond acceptors (Lipinski definition) is 3. The van der Waals surface area contributed by atoms with Crippen LogP contribution in [0.4, 0.5) is 10.5 Å². The molecule has 0 aliphatic carbocycles. The van der Waals surface area contributed by atoms with E-state index in [1.54, 1.807) is 18.2 Å². The van der Waals surface area contributed by atoms with Crippen LogP contribution in [-0.2, 0) is 11.3 Å². The predicted molar refractivity (Wildman–Crippen MR) is 126 cm³/mol. The molecule has 7 heteroatoms. The summed E-state index contributed by atoms with van der Waals surface area (Å²) in [6.07, 6.45) is 0.189. The third-order valence-corrected chi connectivity index (χ3v) is 4.77. The SMILES string of the molecule is CC(C)NC(=O)Nc1ccc(CNC(=O)CCNC(=O)c2ccc3ccccc3c2)cc1. The Labute approximate surface area is 187 Å². The molecule has 0 saturated heterocycles. The van der Waals surface area contributed by atoms with Gasteiger partial charge in [0.15, 0.2) is 0 Å². The number of fused-ring (bicyclic) bond motifs is 1. The van der Waals surface area contributed by atoms with Gasteiger partial charge in [0.1, 0.15) is 0 Å². The Kier molecular flexibility index (Phi) is 7.80. The Hall–Kier alpha value is -3.87. The van der Waals surface area contributed by atoms with Gasteiger partial charge in [0.25, 0.3) is 5.91 Å². The minimum atomic E-state index is -0.258. The molecule has 0 aromatic heterocycles. The van der Waals surface area contributed by atoms with Gasteiger partial charge in [-0.2, -0.15) is 0 Å².